The molecule has 2 rings (SSSR count). The first-order valence-electron chi connectivity index (χ1n) is 5.08. The Morgan fingerprint density at radius 2 is 2.13 bits per heavy atom. The van der Waals surface area contributed by atoms with Gasteiger partial charge >= 0.3 is 0 Å². The molecule has 0 fully saturated rings. The lowest BCUT2D eigenvalue weighted by Gasteiger charge is -2.03. The summed E-state index contributed by atoms with van der Waals surface area (Å²) in [5.41, 5.74) is 9.59. The molecule has 1 heterocycles. The molecule has 0 saturated carbocycles. The average molecular weight is 267 g/mol. The van der Waals surface area contributed by atoms with E-state index in [4.69, 9.17) is 5.73 Å². The summed E-state index contributed by atoms with van der Waals surface area (Å²) in [6.07, 6.45) is 0.939. The van der Waals surface area contributed by atoms with Crippen molar-refractivity contribution in [2.45, 2.75) is 13.3 Å². The summed E-state index contributed by atoms with van der Waals surface area (Å²) < 4.78 is 3.36. The van der Waals surface area contributed by atoms with E-state index in [1.807, 2.05) is 0 Å². The highest BCUT2D eigenvalue weighted by molar-refractivity contribution is 9.10. The quantitative estimate of drug-likeness (QED) is 0.891. The van der Waals surface area contributed by atoms with Crippen LogP contribution < -0.4 is 5.73 Å². The molecule has 15 heavy (non-hydrogen) atoms. The number of benzene rings is 1. The van der Waals surface area contributed by atoms with Crippen LogP contribution in [0, 0.1) is 6.92 Å². The molecule has 0 saturated heterocycles. The second kappa shape index (κ2) is 3.99. The fraction of sp³-hybridized carbons (Fsp3) is 0.333. The van der Waals surface area contributed by atoms with Gasteiger partial charge in [0.15, 0.2) is 0 Å². The minimum atomic E-state index is 0.701. The predicted octanol–water partition coefficient (Wildman–Crippen LogP) is 2.75. The van der Waals surface area contributed by atoms with E-state index in [-0.39, 0.29) is 0 Å². The zero-order valence-electron chi connectivity index (χ0n) is 9.05. The first-order chi connectivity index (χ1) is 7.15. The Balaban J connectivity index is 2.73. The molecule has 0 radical (unpaired) electrons. The topological polar surface area (TPSA) is 30.9 Å². The van der Waals surface area contributed by atoms with E-state index < -0.39 is 0 Å². The molecule has 0 bridgehead atoms. The normalized spacial score (nSPS) is 11.2. The molecule has 0 aliphatic heterocycles. The number of hydrogen-bond donors (Lipinski definition) is 1. The van der Waals surface area contributed by atoms with Crippen molar-refractivity contribution in [1.29, 1.82) is 0 Å². The second-order valence-electron chi connectivity index (χ2n) is 3.83. The number of fused-ring (bicyclic) bond motifs is 1. The van der Waals surface area contributed by atoms with Crippen LogP contribution in [0.25, 0.3) is 10.9 Å². The van der Waals surface area contributed by atoms with Gasteiger partial charge in [0, 0.05) is 34.5 Å². The summed E-state index contributed by atoms with van der Waals surface area (Å²) in [6.45, 7) is 2.87. The van der Waals surface area contributed by atoms with Crippen molar-refractivity contribution in [3.8, 4) is 0 Å². The van der Waals surface area contributed by atoms with Gasteiger partial charge in [-0.05, 0) is 31.2 Å². The third kappa shape index (κ3) is 1.70. The second-order valence-corrected chi connectivity index (χ2v) is 4.75. The Hall–Kier alpha value is -0.800. The maximum absolute atomic E-state index is 5.63. The molecular weight excluding hydrogens is 252 g/mol. The van der Waals surface area contributed by atoms with Gasteiger partial charge in [-0.2, -0.15) is 0 Å². The standard InChI is InChI=1S/C12H15BrN2/c1-8-10-4-3-9(13)7-12(10)15(2)11(8)5-6-14/h3-4,7H,5-6,14H2,1-2H3. The van der Waals surface area contributed by atoms with Gasteiger partial charge in [-0.1, -0.05) is 22.0 Å². The molecule has 0 amide bonds. The van der Waals surface area contributed by atoms with Gasteiger partial charge in [0.2, 0.25) is 0 Å². The maximum atomic E-state index is 5.63. The van der Waals surface area contributed by atoms with E-state index in [2.05, 4.69) is 52.7 Å². The molecule has 80 valence electrons. The fourth-order valence-corrected chi connectivity index (χ4v) is 2.49. The number of aromatic nitrogens is 1. The average Bonchev–Trinajstić information content (AvgIpc) is 2.44. The highest BCUT2D eigenvalue weighted by Crippen LogP contribution is 2.27. The van der Waals surface area contributed by atoms with Crippen LogP contribution in [-0.4, -0.2) is 11.1 Å². The Morgan fingerprint density at radius 1 is 1.40 bits per heavy atom. The van der Waals surface area contributed by atoms with Crippen molar-refractivity contribution in [2.75, 3.05) is 6.54 Å². The lowest BCUT2D eigenvalue weighted by molar-refractivity contribution is 0.819. The van der Waals surface area contributed by atoms with Crippen molar-refractivity contribution in [2.24, 2.45) is 12.8 Å². The van der Waals surface area contributed by atoms with Crippen molar-refractivity contribution >= 4 is 26.8 Å². The minimum Gasteiger partial charge on any atom is -0.347 e. The Bertz CT molecular complexity index is 500. The van der Waals surface area contributed by atoms with Gasteiger partial charge in [-0.25, -0.2) is 0 Å². The summed E-state index contributed by atoms with van der Waals surface area (Å²) in [5.74, 6) is 0. The van der Waals surface area contributed by atoms with Crippen molar-refractivity contribution in [1.82, 2.24) is 4.57 Å². The van der Waals surface area contributed by atoms with Crippen molar-refractivity contribution < 1.29 is 0 Å². The SMILES string of the molecule is Cc1c(CCN)n(C)c2cc(Br)ccc12. The van der Waals surface area contributed by atoms with Gasteiger partial charge in [-0.15, -0.1) is 0 Å². The number of nitrogens with two attached hydrogens (primary N) is 1. The molecule has 1 aromatic heterocycles. The van der Waals surface area contributed by atoms with Crippen LogP contribution in [0.2, 0.25) is 0 Å². The minimum absolute atomic E-state index is 0.701. The number of aryl methyl sites for hydroxylation is 2. The molecule has 0 spiro atoms. The molecule has 3 heteroatoms. The van der Waals surface area contributed by atoms with Gasteiger partial charge < -0.3 is 10.3 Å². The van der Waals surface area contributed by atoms with E-state index in [1.165, 1.54) is 22.2 Å². The zero-order valence-corrected chi connectivity index (χ0v) is 10.6. The predicted molar refractivity (Wildman–Crippen MR) is 68.1 cm³/mol. The number of hydrogen-bond acceptors (Lipinski definition) is 1. The maximum Gasteiger partial charge on any atom is 0.0493 e. The van der Waals surface area contributed by atoms with E-state index in [9.17, 15) is 0 Å². The molecule has 2 N–H and O–H groups in total. The highest BCUT2D eigenvalue weighted by atomic mass is 79.9. The Labute approximate surface area is 98.2 Å². The van der Waals surface area contributed by atoms with Gasteiger partial charge in [0.05, 0.1) is 0 Å². The molecule has 2 nitrogen and oxygen atoms in total. The van der Waals surface area contributed by atoms with E-state index >= 15 is 0 Å². The first-order valence-corrected chi connectivity index (χ1v) is 5.88. The summed E-state index contributed by atoms with van der Waals surface area (Å²) in [6, 6.07) is 6.40. The van der Waals surface area contributed by atoms with E-state index in [0.717, 1.165) is 10.9 Å². The van der Waals surface area contributed by atoms with Crippen LogP contribution in [0.4, 0.5) is 0 Å². The van der Waals surface area contributed by atoms with Crippen molar-refractivity contribution in [3.63, 3.8) is 0 Å². The van der Waals surface area contributed by atoms with Crippen LogP contribution in [0.5, 0.6) is 0 Å². The molecular formula is C12H15BrN2. The van der Waals surface area contributed by atoms with Crippen LogP contribution in [0.1, 0.15) is 11.3 Å². The highest BCUT2D eigenvalue weighted by Gasteiger charge is 2.10. The Kier molecular flexibility index (Phi) is 2.85. The fourth-order valence-electron chi connectivity index (χ4n) is 2.14. The molecule has 0 aliphatic rings. The van der Waals surface area contributed by atoms with Gasteiger partial charge in [0.25, 0.3) is 0 Å². The van der Waals surface area contributed by atoms with Gasteiger partial charge in [0.1, 0.15) is 0 Å². The van der Waals surface area contributed by atoms with Crippen LogP contribution in [0.15, 0.2) is 22.7 Å². The molecule has 1 aromatic carbocycles. The summed E-state index contributed by atoms with van der Waals surface area (Å²) in [4.78, 5) is 0. The van der Waals surface area contributed by atoms with E-state index in [0.29, 0.717) is 6.54 Å². The van der Waals surface area contributed by atoms with Crippen molar-refractivity contribution in [3.05, 3.63) is 33.9 Å². The molecule has 2 aromatic rings. The Morgan fingerprint density at radius 3 is 2.80 bits per heavy atom. The zero-order chi connectivity index (χ0) is 11.0. The molecule has 0 aliphatic carbocycles. The molecule has 0 unspecified atom stereocenters. The third-order valence-corrected chi connectivity index (χ3v) is 3.44. The van der Waals surface area contributed by atoms with Crippen LogP contribution >= 0.6 is 15.9 Å². The lowest BCUT2D eigenvalue weighted by atomic mass is 10.1. The third-order valence-electron chi connectivity index (χ3n) is 2.94. The summed E-state index contributed by atoms with van der Waals surface area (Å²) in [5, 5.41) is 1.32. The van der Waals surface area contributed by atoms with E-state index in [1.54, 1.807) is 0 Å². The van der Waals surface area contributed by atoms with Crippen LogP contribution in [-0.2, 0) is 13.5 Å². The smallest absolute Gasteiger partial charge is 0.0493 e. The number of nitrogens with zero attached hydrogens (tertiary/aromatic N) is 1. The molecule has 0 atom stereocenters. The van der Waals surface area contributed by atoms with Crippen LogP contribution in [0.3, 0.4) is 0 Å². The first kappa shape index (κ1) is 10.7. The van der Waals surface area contributed by atoms with Gasteiger partial charge in [-0.3, -0.25) is 0 Å². The summed E-state index contributed by atoms with van der Waals surface area (Å²) >= 11 is 3.50. The largest absolute Gasteiger partial charge is 0.347 e. The number of halogens is 1. The monoisotopic (exact) mass is 266 g/mol. The summed E-state index contributed by atoms with van der Waals surface area (Å²) in [7, 11) is 2.10. The lowest BCUT2D eigenvalue weighted by Crippen LogP contribution is -2.07. The number of rotatable bonds is 2.